The number of hydrogen-bond acceptors (Lipinski definition) is 10. The summed E-state index contributed by atoms with van der Waals surface area (Å²) >= 11 is 1.54. The maximum atomic E-state index is 13.3. The van der Waals surface area contributed by atoms with Crippen LogP contribution < -0.4 is 0 Å². The number of esters is 2. The maximum absolute atomic E-state index is 13.3. The van der Waals surface area contributed by atoms with Gasteiger partial charge < -0.3 is 33.2 Å². The fourth-order valence-corrected chi connectivity index (χ4v) is 7.60. The van der Waals surface area contributed by atoms with E-state index in [0.717, 1.165) is 11.3 Å². The molecule has 0 aromatic heterocycles. The van der Waals surface area contributed by atoms with E-state index in [1.54, 1.807) is 48.5 Å². The number of fused-ring (bicyclic) bond motifs is 1. The highest BCUT2D eigenvalue weighted by Gasteiger charge is 2.52. The second-order valence-electron chi connectivity index (χ2n) is 12.6. The summed E-state index contributed by atoms with van der Waals surface area (Å²) in [5.41, 5.74) is 1.37. The quantitative estimate of drug-likeness (QED) is 0.216. The molecule has 6 rings (SSSR count). The topological polar surface area (TPSA) is 98.8 Å². The van der Waals surface area contributed by atoms with Gasteiger partial charge in [0.2, 0.25) is 0 Å². The van der Waals surface area contributed by atoms with Crippen LogP contribution in [0, 0.1) is 17.8 Å². The van der Waals surface area contributed by atoms with Crippen LogP contribution in [0.15, 0.2) is 91.0 Å². The van der Waals surface area contributed by atoms with Gasteiger partial charge in [0.25, 0.3) is 0 Å². The van der Waals surface area contributed by atoms with Gasteiger partial charge in [0.05, 0.1) is 29.9 Å². The number of carbonyl (C=O) groups excluding carboxylic acids is 2. The first-order valence-corrected chi connectivity index (χ1v) is 17.8. The summed E-state index contributed by atoms with van der Waals surface area (Å²) in [7, 11) is 0. The molecule has 48 heavy (non-hydrogen) atoms. The average Bonchev–Trinajstić information content (AvgIpc) is 3.13. The van der Waals surface area contributed by atoms with E-state index < -0.39 is 48.3 Å². The van der Waals surface area contributed by atoms with Gasteiger partial charge in [-0.25, -0.2) is 9.59 Å². The molecule has 11 atom stereocenters. The van der Waals surface area contributed by atoms with Gasteiger partial charge in [0.15, 0.2) is 12.6 Å². The Morgan fingerprint density at radius 2 is 1.38 bits per heavy atom. The van der Waals surface area contributed by atoms with Crippen LogP contribution in [0.3, 0.4) is 0 Å². The molecule has 0 aliphatic carbocycles. The second kappa shape index (κ2) is 16.0. The van der Waals surface area contributed by atoms with Gasteiger partial charge in [-0.1, -0.05) is 94.4 Å². The van der Waals surface area contributed by atoms with E-state index in [1.807, 2.05) is 56.3 Å². The van der Waals surface area contributed by atoms with Gasteiger partial charge in [-0.15, -0.1) is 11.8 Å². The van der Waals surface area contributed by atoms with Crippen LogP contribution in [0.2, 0.25) is 0 Å². The third-order valence-electron chi connectivity index (χ3n) is 9.46. The SMILES string of the molecule is CCS[C@@H]1OC(COC(=O)c2ccccc2)[C@@H](O[C@H]2OC3COC(c4ccccc4)O[C@H]3[C@H](C)C2C)[C@H](C)C1OC(=O)c1ccccc1. The van der Waals surface area contributed by atoms with E-state index in [1.165, 1.54) is 11.8 Å². The summed E-state index contributed by atoms with van der Waals surface area (Å²) in [6.07, 6.45) is -3.54. The molecule has 0 bridgehead atoms. The van der Waals surface area contributed by atoms with Gasteiger partial charge in [-0.05, 0) is 35.9 Å². The molecule has 3 saturated heterocycles. The van der Waals surface area contributed by atoms with Crippen molar-refractivity contribution >= 4 is 23.7 Å². The lowest BCUT2D eigenvalue weighted by Crippen LogP contribution is -2.60. The Balaban J connectivity index is 1.21. The molecule has 3 aliphatic rings. The number of rotatable bonds is 10. The van der Waals surface area contributed by atoms with Crippen LogP contribution in [-0.4, -0.2) is 73.2 Å². The molecule has 256 valence electrons. The Bertz CT molecular complexity index is 1470. The lowest BCUT2D eigenvalue weighted by atomic mass is 9.83. The number of carbonyl (C=O) groups is 2. The van der Waals surface area contributed by atoms with Crippen molar-refractivity contribution in [3.05, 3.63) is 108 Å². The average molecular weight is 677 g/mol. The van der Waals surface area contributed by atoms with E-state index in [2.05, 4.69) is 13.8 Å². The highest BCUT2D eigenvalue weighted by Crippen LogP contribution is 2.42. The van der Waals surface area contributed by atoms with Gasteiger partial charge in [0, 0.05) is 17.4 Å². The molecule has 0 radical (unpaired) electrons. The summed E-state index contributed by atoms with van der Waals surface area (Å²) in [5, 5.41) is 0. The van der Waals surface area contributed by atoms with Crippen molar-refractivity contribution < 1.29 is 42.7 Å². The van der Waals surface area contributed by atoms with Crippen molar-refractivity contribution in [1.29, 1.82) is 0 Å². The van der Waals surface area contributed by atoms with Gasteiger partial charge in [-0.3, -0.25) is 0 Å². The van der Waals surface area contributed by atoms with Crippen LogP contribution in [0.5, 0.6) is 0 Å². The molecule has 3 aromatic rings. The number of hydrogen-bond donors (Lipinski definition) is 0. The standard InChI is InChI=1S/C38H44O9S/c1-5-48-38-33(45-35(40)27-17-11-7-12-18-27)25(4)32(30(44-38)21-41-34(39)26-15-9-6-10-16-26)46-36-24(3)23(2)31-29(43-36)22-42-37(47-31)28-19-13-8-14-20-28/h6-20,23-25,29-33,36-38H,5,21-22H2,1-4H3/t23-,24?,25+,29?,30?,31+,32+,33?,36-,37?,38+/m1/s1. The van der Waals surface area contributed by atoms with Crippen LogP contribution in [0.25, 0.3) is 0 Å². The largest absolute Gasteiger partial charge is 0.459 e. The lowest BCUT2D eigenvalue weighted by Gasteiger charge is -2.50. The van der Waals surface area contributed by atoms with Gasteiger partial charge in [0.1, 0.15) is 30.4 Å². The zero-order chi connectivity index (χ0) is 33.6. The number of thioether (sulfide) groups is 1. The molecule has 0 N–H and O–H groups in total. The third kappa shape index (κ3) is 7.80. The van der Waals surface area contributed by atoms with E-state index in [0.29, 0.717) is 17.7 Å². The molecule has 3 aromatic carbocycles. The van der Waals surface area contributed by atoms with Crippen molar-refractivity contribution in [1.82, 2.24) is 0 Å². The Hall–Kier alpha value is -3.25. The van der Waals surface area contributed by atoms with Crippen LogP contribution in [-0.2, 0) is 33.2 Å². The summed E-state index contributed by atoms with van der Waals surface area (Å²) in [4.78, 5) is 26.3. The molecule has 5 unspecified atom stereocenters. The first-order valence-electron chi connectivity index (χ1n) is 16.7. The van der Waals surface area contributed by atoms with Crippen LogP contribution in [0.1, 0.15) is 60.3 Å². The van der Waals surface area contributed by atoms with Crippen molar-refractivity contribution in [3.63, 3.8) is 0 Å². The minimum Gasteiger partial charge on any atom is -0.459 e. The molecule has 0 amide bonds. The van der Waals surface area contributed by atoms with Crippen molar-refractivity contribution in [3.8, 4) is 0 Å². The molecular weight excluding hydrogens is 632 g/mol. The third-order valence-corrected chi connectivity index (χ3v) is 10.5. The molecule has 9 nitrogen and oxygen atoms in total. The van der Waals surface area contributed by atoms with Crippen molar-refractivity contribution in [2.45, 2.75) is 76.2 Å². The minimum absolute atomic E-state index is 0.0451. The lowest BCUT2D eigenvalue weighted by molar-refractivity contribution is -0.358. The molecule has 3 heterocycles. The molecular formula is C38H44O9S. The molecule has 3 aliphatic heterocycles. The smallest absolute Gasteiger partial charge is 0.338 e. The molecule has 0 saturated carbocycles. The number of benzene rings is 3. The van der Waals surface area contributed by atoms with Gasteiger partial charge in [-0.2, -0.15) is 0 Å². The summed E-state index contributed by atoms with van der Waals surface area (Å²) < 4.78 is 44.5. The minimum atomic E-state index is -0.645. The second-order valence-corrected chi connectivity index (χ2v) is 14.0. The number of ether oxygens (including phenoxy) is 7. The Labute approximate surface area is 286 Å². The maximum Gasteiger partial charge on any atom is 0.338 e. The molecule has 3 fully saturated rings. The molecule has 10 heteroatoms. The van der Waals surface area contributed by atoms with Crippen molar-refractivity contribution in [2.75, 3.05) is 19.0 Å². The van der Waals surface area contributed by atoms with E-state index in [4.69, 9.17) is 33.2 Å². The predicted molar refractivity (Wildman–Crippen MR) is 180 cm³/mol. The Morgan fingerprint density at radius 3 is 2.02 bits per heavy atom. The monoisotopic (exact) mass is 676 g/mol. The fraction of sp³-hybridized carbons (Fsp3) is 0.474. The first-order chi connectivity index (χ1) is 23.3. The fourth-order valence-electron chi connectivity index (χ4n) is 6.55. The van der Waals surface area contributed by atoms with Crippen LogP contribution >= 0.6 is 11.8 Å². The van der Waals surface area contributed by atoms with Crippen molar-refractivity contribution in [2.24, 2.45) is 17.8 Å². The predicted octanol–water partition coefficient (Wildman–Crippen LogP) is 6.68. The zero-order valence-corrected chi connectivity index (χ0v) is 28.5. The van der Waals surface area contributed by atoms with Gasteiger partial charge >= 0.3 is 11.9 Å². The van der Waals surface area contributed by atoms with E-state index >= 15 is 0 Å². The molecule has 0 spiro atoms. The first kappa shape index (κ1) is 34.6. The highest BCUT2D eigenvalue weighted by molar-refractivity contribution is 7.99. The summed E-state index contributed by atoms with van der Waals surface area (Å²) in [6, 6.07) is 27.6. The summed E-state index contributed by atoms with van der Waals surface area (Å²) in [6.45, 7) is 8.55. The van der Waals surface area contributed by atoms with E-state index in [-0.39, 0.29) is 36.6 Å². The normalized spacial score (nSPS) is 33.3. The zero-order valence-electron chi connectivity index (χ0n) is 27.7. The van der Waals surface area contributed by atoms with Crippen LogP contribution in [0.4, 0.5) is 0 Å². The Kier molecular flexibility index (Phi) is 11.5. The van der Waals surface area contributed by atoms with E-state index in [9.17, 15) is 9.59 Å². The highest BCUT2D eigenvalue weighted by atomic mass is 32.2. The summed E-state index contributed by atoms with van der Waals surface area (Å²) in [5.74, 6) is -0.478. The Morgan fingerprint density at radius 1 is 0.750 bits per heavy atom.